The van der Waals surface area contributed by atoms with E-state index in [1.165, 1.54) is 18.6 Å². The number of nitrogens with zero attached hydrogens (tertiary/aromatic N) is 2. The van der Waals surface area contributed by atoms with Crippen LogP contribution in [0, 0.1) is 5.92 Å². The second-order valence-electron chi connectivity index (χ2n) is 2.64. The normalized spacial score (nSPS) is 29.6. The summed E-state index contributed by atoms with van der Waals surface area (Å²) < 4.78 is 0. The molecule has 1 heterocycles. The fraction of sp³-hybridized carbons (Fsp3) is 0.500. The first-order valence-corrected chi connectivity index (χ1v) is 3.67. The Morgan fingerprint density at radius 2 is 2.50 bits per heavy atom. The van der Waals surface area contributed by atoms with Crippen molar-refractivity contribution in [3.63, 3.8) is 0 Å². The minimum Gasteiger partial charge on any atom is -0.273 e. The number of aliphatic imine (C=N–C) groups is 2. The van der Waals surface area contributed by atoms with E-state index < -0.39 is 0 Å². The zero-order chi connectivity index (χ0) is 6.81. The summed E-state index contributed by atoms with van der Waals surface area (Å²) in [7, 11) is 0. The highest BCUT2D eigenvalue weighted by molar-refractivity contribution is 6.07. The molecular weight excluding hydrogens is 124 g/mol. The summed E-state index contributed by atoms with van der Waals surface area (Å²) >= 11 is 0. The molecule has 52 valence electrons. The van der Waals surface area contributed by atoms with Crippen LogP contribution in [0.1, 0.15) is 12.8 Å². The molecule has 10 heavy (non-hydrogen) atoms. The summed E-state index contributed by atoms with van der Waals surface area (Å²) in [5, 5.41) is 0. The molecule has 1 atom stereocenters. The van der Waals surface area contributed by atoms with Crippen molar-refractivity contribution in [1.29, 1.82) is 0 Å². The molecule has 0 spiro atoms. The molecule has 2 heteroatoms. The second kappa shape index (κ2) is 2.37. The Morgan fingerprint density at radius 1 is 1.50 bits per heavy atom. The van der Waals surface area contributed by atoms with Gasteiger partial charge >= 0.3 is 0 Å². The monoisotopic (exact) mass is 134 g/mol. The van der Waals surface area contributed by atoms with Crippen LogP contribution in [0.2, 0.25) is 0 Å². The van der Waals surface area contributed by atoms with Crippen molar-refractivity contribution in [2.45, 2.75) is 12.8 Å². The predicted octanol–water partition coefficient (Wildman–Crippen LogP) is 1.44. The first-order chi connectivity index (χ1) is 4.97. The molecule has 0 amide bonds. The lowest BCUT2D eigenvalue weighted by Crippen LogP contribution is -2.20. The Bertz CT molecular complexity index is 213. The summed E-state index contributed by atoms with van der Waals surface area (Å²) in [6.45, 7) is 0.635. The SMILES string of the molecule is C1=CC2=NCN=CC2CC1. The van der Waals surface area contributed by atoms with Crippen LogP contribution in [0.5, 0.6) is 0 Å². The maximum absolute atomic E-state index is 4.28. The molecule has 0 N–H and O–H groups in total. The van der Waals surface area contributed by atoms with E-state index in [1.54, 1.807) is 0 Å². The van der Waals surface area contributed by atoms with E-state index in [0.29, 0.717) is 12.6 Å². The molecule has 1 aliphatic carbocycles. The molecule has 0 radical (unpaired) electrons. The number of rotatable bonds is 0. The van der Waals surface area contributed by atoms with Crippen LogP contribution in [0.4, 0.5) is 0 Å². The van der Waals surface area contributed by atoms with Crippen molar-refractivity contribution in [1.82, 2.24) is 0 Å². The van der Waals surface area contributed by atoms with Crippen LogP contribution < -0.4 is 0 Å². The van der Waals surface area contributed by atoms with E-state index in [2.05, 4.69) is 22.1 Å². The maximum Gasteiger partial charge on any atom is 0.129 e. The average Bonchev–Trinajstić information content (AvgIpc) is 2.05. The first-order valence-electron chi connectivity index (χ1n) is 3.67. The molecule has 0 saturated carbocycles. The van der Waals surface area contributed by atoms with Gasteiger partial charge in [0.2, 0.25) is 0 Å². The Balaban J connectivity index is 2.26. The molecule has 0 aromatic heterocycles. The van der Waals surface area contributed by atoms with Gasteiger partial charge in [-0.25, -0.2) is 0 Å². The highest BCUT2D eigenvalue weighted by Crippen LogP contribution is 2.16. The van der Waals surface area contributed by atoms with E-state index in [9.17, 15) is 0 Å². The molecule has 2 nitrogen and oxygen atoms in total. The van der Waals surface area contributed by atoms with Gasteiger partial charge in [0.15, 0.2) is 0 Å². The fourth-order valence-corrected chi connectivity index (χ4v) is 1.37. The van der Waals surface area contributed by atoms with E-state index in [-0.39, 0.29) is 0 Å². The summed E-state index contributed by atoms with van der Waals surface area (Å²) in [5.41, 5.74) is 1.22. The van der Waals surface area contributed by atoms with E-state index in [0.717, 1.165) is 0 Å². The lowest BCUT2D eigenvalue weighted by Gasteiger charge is -2.17. The van der Waals surface area contributed by atoms with Crippen LogP contribution in [0.25, 0.3) is 0 Å². The Morgan fingerprint density at radius 3 is 3.40 bits per heavy atom. The second-order valence-corrected chi connectivity index (χ2v) is 2.64. The third-order valence-corrected chi connectivity index (χ3v) is 1.93. The molecular formula is C8H10N2. The van der Waals surface area contributed by atoms with Crippen molar-refractivity contribution in [2.75, 3.05) is 6.67 Å². The standard InChI is InChI=1S/C8H10N2/c1-2-4-8-7(3-1)5-9-6-10-8/h2,4-5,7H,1,3,6H2. The van der Waals surface area contributed by atoms with Gasteiger partial charge in [-0.05, 0) is 18.9 Å². The predicted molar refractivity (Wildman–Crippen MR) is 42.7 cm³/mol. The van der Waals surface area contributed by atoms with Crippen molar-refractivity contribution in [3.05, 3.63) is 12.2 Å². The Labute approximate surface area is 60.4 Å². The van der Waals surface area contributed by atoms with Gasteiger partial charge < -0.3 is 0 Å². The Kier molecular flexibility index (Phi) is 1.38. The lowest BCUT2D eigenvalue weighted by molar-refractivity contribution is 0.767. The van der Waals surface area contributed by atoms with Gasteiger partial charge in [-0.3, -0.25) is 9.98 Å². The number of hydrogen-bond donors (Lipinski definition) is 0. The zero-order valence-electron chi connectivity index (χ0n) is 5.83. The zero-order valence-corrected chi connectivity index (χ0v) is 5.83. The van der Waals surface area contributed by atoms with Gasteiger partial charge in [0, 0.05) is 17.8 Å². The van der Waals surface area contributed by atoms with Crippen molar-refractivity contribution in [3.8, 4) is 0 Å². The van der Waals surface area contributed by atoms with Crippen molar-refractivity contribution < 1.29 is 0 Å². The number of allylic oxidation sites excluding steroid dienone is 2. The van der Waals surface area contributed by atoms with Crippen molar-refractivity contribution in [2.24, 2.45) is 15.9 Å². The topological polar surface area (TPSA) is 24.7 Å². The van der Waals surface area contributed by atoms with Crippen LogP contribution in [0.15, 0.2) is 22.1 Å². The highest BCUT2D eigenvalue weighted by atomic mass is 14.9. The molecule has 0 bridgehead atoms. The highest BCUT2D eigenvalue weighted by Gasteiger charge is 2.15. The van der Waals surface area contributed by atoms with Crippen LogP contribution in [0.3, 0.4) is 0 Å². The third kappa shape index (κ3) is 0.897. The minimum absolute atomic E-state index is 0.527. The van der Waals surface area contributed by atoms with Gasteiger partial charge in [0.25, 0.3) is 0 Å². The average molecular weight is 134 g/mol. The fourth-order valence-electron chi connectivity index (χ4n) is 1.37. The molecule has 2 aliphatic rings. The number of fused-ring (bicyclic) bond motifs is 1. The molecule has 0 saturated heterocycles. The van der Waals surface area contributed by atoms with Crippen LogP contribution in [-0.2, 0) is 0 Å². The molecule has 0 fully saturated rings. The van der Waals surface area contributed by atoms with Gasteiger partial charge in [-0.2, -0.15) is 0 Å². The minimum atomic E-state index is 0.527. The summed E-state index contributed by atoms with van der Waals surface area (Å²) in [6, 6.07) is 0. The van der Waals surface area contributed by atoms with Crippen LogP contribution >= 0.6 is 0 Å². The smallest absolute Gasteiger partial charge is 0.129 e. The maximum atomic E-state index is 4.28. The third-order valence-electron chi connectivity index (χ3n) is 1.93. The Hall–Kier alpha value is -0.920. The largest absolute Gasteiger partial charge is 0.273 e. The van der Waals surface area contributed by atoms with Gasteiger partial charge in [0.05, 0.1) is 0 Å². The van der Waals surface area contributed by atoms with Crippen LogP contribution in [-0.4, -0.2) is 18.6 Å². The van der Waals surface area contributed by atoms with Gasteiger partial charge in [-0.1, -0.05) is 6.08 Å². The molecule has 2 rings (SSSR count). The summed E-state index contributed by atoms with van der Waals surface area (Å²) in [4.78, 5) is 8.40. The van der Waals surface area contributed by atoms with E-state index in [1.807, 2.05) is 6.21 Å². The molecule has 1 unspecified atom stereocenters. The number of hydrogen-bond acceptors (Lipinski definition) is 2. The molecule has 1 aliphatic heterocycles. The van der Waals surface area contributed by atoms with E-state index in [4.69, 9.17) is 0 Å². The summed E-state index contributed by atoms with van der Waals surface area (Å²) in [6.07, 6.45) is 8.72. The molecule has 0 aromatic rings. The van der Waals surface area contributed by atoms with Crippen molar-refractivity contribution >= 4 is 11.9 Å². The van der Waals surface area contributed by atoms with Gasteiger partial charge in [0.1, 0.15) is 6.67 Å². The molecule has 0 aromatic carbocycles. The van der Waals surface area contributed by atoms with E-state index >= 15 is 0 Å². The lowest BCUT2D eigenvalue weighted by atomic mass is 9.93. The van der Waals surface area contributed by atoms with Gasteiger partial charge in [-0.15, -0.1) is 0 Å². The first kappa shape index (κ1) is 5.83. The summed E-state index contributed by atoms with van der Waals surface area (Å²) in [5.74, 6) is 0.527. The quantitative estimate of drug-likeness (QED) is 0.479.